The third kappa shape index (κ3) is 3.13. The van der Waals surface area contributed by atoms with E-state index in [9.17, 15) is 14.4 Å². The number of amides is 3. The van der Waals surface area contributed by atoms with Gasteiger partial charge in [0.15, 0.2) is 5.82 Å². The molecule has 0 saturated carbocycles. The van der Waals surface area contributed by atoms with Crippen molar-refractivity contribution in [2.45, 2.75) is 38.5 Å². The van der Waals surface area contributed by atoms with Crippen LogP contribution in [0.15, 0.2) is 24.4 Å². The van der Waals surface area contributed by atoms with Crippen molar-refractivity contribution in [1.29, 1.82) is 0 Å². The van der Waals surface area contributed by atoms with Gasteiger partial charge < -0.3 is 16.0 Å². The SMILES string of the molecule is Cn1cc(CN)c(NCc2cccc3c2CN(C2CCC(=O)NC2=O)C3=O)n1. The van der Waals surface area contributed by atoms with Gasteiger partial charge in [-0.25, -0.2) is 0 Å². The molecular weight excluding hydrogens is 360 g/mol. The van der Waals surface area contributed by atoms with Crippen molar-refractivity contribution in [2.75, 3.05) is 5.32 Å². The number of piperidine rings is 1. The number of benzene rings is 1. The smallest absolute Gasteiger partial charge is 0.255 e. The number of anilines is 1. The molecule has 28 heavy (non-hydrogen) atoms. The van der Waals surface area contributed by atoms with E-state index in [4.69, 9.17) is 5.73 Å². The summed E-state index contributed by atoms with van der Waals surface area (Å²) in [5.41, 5.74) is 9.14. The number of carbonyl (C=O) groups is 3. The van der Waals surface area contributed by atoms with Gasteiger partial charge in [-0.3, -0.25) is 24.4 Å². The van der Waals surface area contributed by atoms with Crippen molar-refractivity contribution in [3.63, 3.8) is 0 Å². The summed E-state index contributed by atoms with van der Waals surface area (Å²) in [5, 5.41) is 9.99. The first kappa shape index (κ1) is 18.2. The fourth-order valence-electron chi connectivity index (χ4n) is 3.83. The predicted molar refractivity (Wildman–Crippen MR) is 101 cm³/mol. The van der Waals surface area contributed by atoms with Gasteiger partial charge >= 0.3 is 0 Å². The van der Waals surface area contributed by atoms with E-state index in [1.165, 1.54) is 0 Å². The summed E-state index contributed by atoms with van der Waals surface area (Å²) in [5.74, 6) is -0.152. The first-order valence-electron chi connectivity index (χ1n) is 9.20. The normalized spacial score (nSPS) is 19.0. The summed E-state index contributed by atoms with van der Waals surface area (Å²) in [6.07, 6.45) is 2.46. The molecule has 1 saturated heterocycles. The highest BCUT2D eigenvalue weighted by atomic mass is 16.2. The Morgan fingerprint density at radius 1 is 1.29 bits per heavy atom. The molecule has 1 aromatic heterocycles. The Hall–Kier alpha value is -3.20. The molecule has 3 amide bonds. The number of nitrogens with one attached hydrogen (secondary N) is 2. The van der Waals surface area contributed by atoms with Crippen molar-refractivity contribution in [3.05, 3.63) is 46.6 Å². The molecular formula is C19H22N6O3. The quantitative estimate of drug-likeness (QED) is 0.637. The summed E-state index contributed by atoms with van der Waals surface area (Å²) >= 11 is 0. The zero-order valence-electron chi connectivity index (χ0n) is 15.6. The van der Waals surface area contributed by atoms with Crippen molar-refractivity contribution < 1.29 is 14.4 Å². The number of nitrogens with two attached hydrogens (primary N) is 1. The highest BCUT2D eigenvalue weighted by Crippen LogP contribution is 2.30. The number of carbonyl (C=O) groups excluding carboxylic acids is 3. The molecule has 4 rings (SSSR count). The Morgan fingerprint density at radius 3 is 2.86 bits per heavy atom. The Labute approximate surface area is 161 Å². The standard InChI is InChI=1S/C19H22N6O3/c1-24-9-12(7-20)17(23-24)21-8-11-3-2-4-13-14(11)10-25(19(13)28)15-5-6-16(26)22-18(15)27/h2-4,9,15H,5-8,10,20H2,1H3,(H,21,23)(H,22,26,27). The molecule has 2 aliphatic heterocycles. The van der Waals surface area contributed by atoms with Crippen molar-refractivity contribution in [2.24, 2.45) is 12.8 Å². The number of hydrogen-bond donors (Lipinski definition) is 3. The molecule has 0 aliphatic carbocycles. The Bertz CT molecular complexity index is 967. The number of hydrogen-bond acceptors (Lipinski definition) is 6. The molecule has 1 aromatic carbocycles. The number of aryl methyl sites for hydroxylation is 1. The van der Waals surface area contributed by atoms with Crippen LogP contribution < -0.4 is 16.4 Å². The second-order valence-electron chi connectivity index (χ2n) is 7.08. The van der Waals surface area contributed by atoms with E-state index < -0.39 is 11.9 Å². The number of rotatable bonds is 5. The van der Waals surface area contributed by atoms with E-state index in [0.717, 1.165) is 16.7 Å². The van der Waals surface area contributed by atoms with Gasteiger partial charge in [-0.2, -0.15) is 5.10 Å². The van der Waals surface area contributed by atoms with E-state index in [2.05, 4.69) is 15.7 Å². The third-order valence-electron chi connectivity index (χ3n) is 5.25. The molecule has 1 unspecified atom stereocenters. The van der Waals surface area contributed by atoms with Gasteiger partial charge in [-0.05, 0) is 23.6 Å². The molecule has 9 nitrogen and oxygen atoms in total. The van der Waals surface area contributed by atoms with Crippen LogP contribution in [0.4, 0.5) is 5.82 Å². The van der Waals surface area contributed by atoms with Gasteiger partial charge in [0.05, 0.1) is 0 Å². The molecule has 3 heterocycles. The highest BCUT2D eigenvalue weighted by molar-refractivity contribution is 6.05. The first-order chi connectivity index (χ1) is 13.5. The van der Waals surface area contributed by atoms with Crippen LogP contribution in [0, 0.1) is 0 Å². The van der Waals surface area contributed by atoms with E-state index in [1.54, 1.807) is 15.6 Å². The first-order valence-corrected chi connectivity index (χ1v) is 9.20. The van der Waals surface area contributed by atoms with Crippen LogP contribution in [0.1, 0.15) is 39.9 Å². The monoisotopic (exact) mass is 382 g/mol. The van der Waals surface area contributed by atoms with Gasteiger partial charge in [0, 0.05) is 50.4 Å². The van der Waals surface area contributed by atoms with E-state index in [1.807, 2.05) is 25.4 Å². The second-order valence-corrected chi connectivity index (χ2v) is 7.08. The van der Waals surface area contributed by atoms with Gasteiger partial charge in [0.2, 0.25) is 11.8 Å². The van der Waals surface area contributed by atoms with Crippen LogP contribution in [0.25, 0.3) is 0 Å². The van der Waals surface area contributed by atoms with Crippen LogP contribution in [0.3, 0.4) is 0 Å². The number of aromatic nitrogens is 2. The molecule has 0 bridgehead atoms. The maximum absolute atomic E-state index is 12.9. The molecule has 2 aromatic rings. The molecule has 1 atom stereocenters. The van der Waals surface area contributed by atoms with Crippen LogP contribution >= 0.6 is 0 Å². The predicted octanol–water partition coefficient (Wildman–Crippen LogP) is 0.252. The lowest BCUT2D eigenvalue weighted by Crippen LogP contribution is -2.52. The number of fused-ring (bicyclic) bond motifs is 1. The molecule has 2 aliphatic rings. The van der Waals surface area contributed by atoms with Crippen LogP contribution in [-0.4, -0.2) is 38.4 Å². The average molecular weight is 382 g/mol. The maximum atomic E-state index is 12.9. The number of nitrogens with zero attached hydrogens (tertiary/aromatic N) is 3. The fraction of sp³-hybridized carbons (Fsp3) is 0.368. The molecule has 1 fully saturated rings. The third-order valence-corrected chi connectivity index (χ3v) is 5.25. The molecule has 0 radical (unpaired) electrons. The largest absolute Gasteiger partial charge is 0.364 e. The molecule has 9 heteroatoms. The molecule has 146 valence electrons. The maximum Gasteiger partial charge on any atom is 0.255 e. The summed E-state index contributed by atoms with van der Waals surface area (Å²) < 4.78 is 1.70. The average Bonchev–Trinajstić information content (AvgIpc) is 3.20. The Kier molecular flexibility index (Phi) is 4.60. The van der Waals surface area contributed by atoms with Gasteiger partial charge in [-0.15, -0.1) is 0 Å². The van der Waals surface area contributed by atoms with Crippen molar-refractivity contribution in [1.82, 2.24) is 20.0 Å². The van der Waals surface area contributed by atoms with Crippen molar-refractivity contribution >= 4 is 23.5 Å². The lowest BCUT2D eigenvalue weighted by molar-refractivity contribution is -0.136. The summed E-state index contributed by atoms with van der Waals surface area (Å²) in [6.45, 7) is 1.22. The zero-order chi connectivity index (χ0) is 19.8. The minimum Gasteiger partial charge on any atom is -0.364 e. The van der Waals surface area contributed by atoms with E-state index in [0.29, 0.717) is 37.4 Å². The summed E-state index contributed by atoms with van der Waals surface area (Å²) in [4.78, 5) is 38.0. The van der Waals surface area contributed by atoms with Crippen LogP contribution in [0.5, 0.6) is 0 Å². The minimum absolute atomic E-state index is 0.174. The van der Waals surface area contributed by atoms with Gasteiger partial charge in [0.25, 0.3) is 5.91 Å². The van der Waals surface area contributed by atoms with Crippen LogP contribution in [-0.2, 0) is 36.3 Å². The fourth-order valence-corrected chi connectivity index (χ4v) is 3.83. The lowest BCUT2D eigenvalue weighted by atomic mass is 10.0. The molecule has 0 spiro atoms. The minimum atomic E-state index is -0.613. The van der Waals surface area contributed by atoms with Gasteiger partial charge in [0.1, 0.15) is 6.04 Å². The zero-order valence-corrected chi connectivity index (χ0v) is 15.6. The lowest BCUT2D eigenvalue weighted by Gasteiger charge is -2.29. The van der Waals surface area contributed by atoms with Crippen LogP contribution in [0.2, 0.25) is 0 Å². The van der Waals surface area contributed by atoms with Gasteiger partial charge in [-0.1, -0.05) is 12.1 Å². The summed E-state index contributed by atoms with van der Waals surface area (Å²) in [7, 11) is 1.83. The Balaban J connectivity index is 1.54. The topological polar surface area (TPSA) is 122 Å². The second kappa shape index (κ2) is 7.08. The summed E-state index contributed by atoms with van der Waals surface area (Å²) in [6, 6.07) is 4.96. The van der Waals surface area contributed by atoms with E-state index in [-0.39, 0.29) is 18.2 Å². The van der Waals surface area contributed by atoms with E-state index >= 15 is 0 Å². The van der Waals surface area contributed by atoms with Crippen molar-refractivity contribution in [3.8, 4) is 0 Å². The molecule has 4 N–H and O–H groups in total. The number of imide groups is 1. The Morgan fingerprint density at radius 2 is 2.11 bits per heavy atom. The highest BCUT2D eigenvalue weighted by Gasteiger charge is 2.39.